The number of urea groups is 1. The van der Waals surface area contributed by atoms with Gasteiger partial charge < -0.3 is 15.5 Å². The van der Waals surface area contributed by atoms with E-state index in [1.807, 2.05) is 17.0 Å². The molecule has 0 radical (unpaired) electrons. The lowest BCUT2D eigenvalue weighted by atomic mass is 9.82. The zero-order valence-corrected chi connectivity index (χ0v) is 23.9. The second-order valence-electron chi connectivity index (χ2n) is 11.9. The van der Waals surface area contributed by atoms with Crippen molar-refractivity contribution in [2.24, 2.45) is 17.1 Å². The molecule has 2 atom stereocenters. The van der Waals surface area contributed by atoms with Gasteiger partial charge in [0.05, 0.1) is 6.04 Å². The Morgan fingerprint density at radius 1 is 1.00 bits per heavy atom. The number of primary amides is 1. The Morgan fingerprint density at radius 2 is 1.62 bits per heavy atom. The predicted molar refractivity (Wildman–Crippen MR) is 148 cm³/mol. The molecule has 0 spiro atoms. The number of halogens is 4. The number of nitrogens with zero attached hydrogens (tertiary/aromatic N) is 4. The van der Waals surface area contributed by atoms with Gasteiger partial charge in [0.2, 0.25) is 5.91 Å². The molecule has 1 aromatic carbocycles. The average molecular weight is 580 g/mol. The number of piperidine rings is 1. The molecule has 2 N–H and O–H groups in total. The van der Waals surface area contributed by atoms with Crippen LogP contribution in [0.4, 0.5) is 18.0 Å². The van der Waals surface area contributed by atoms with Gasteiger partial charge in [0.15, 0.2) is 0 Å². The number of carbonyl (C=O) groups excluding carboxylic acids is 2. The molecule has 1 aromatic heterocycles. The summed E-state index contributed by atoms with van der Waals surface area (Å²) >= 11 is 6.14. The van der Waals surface area contributed by atoms with E-state index in [1.54, 1.807) is 17.0 Å². The Morgan fingerprint density at radius 3 is 2.15 bits per heavy atom. The first-order chi connectivity index (χ1) is 18.7. The first kappa shape index (κ1) is 30.1. The summed E-state index contributed by atoms with van der Waals surface area (Å²) in [5, 5.41) is 0.567. The number of carbonyl (C=O) groups is 2. The van der Waals surface area contributed by atoms with E-state index in [0.717, 1.165) is 24.5 Å². The lowest BCUT2D eigenvalue weighted by Gasteiger charge is -2.49. The van der Waals surface area contributed by atoms with Crippen LogP contribution in [0, 0.1) is 11.3 Å². The molecule has 7 nitrogen and oxygen atoms in total. The number of benzene rings is 1. The standard InChI is InChI=1S/C29H37ClF3N5O2/c1-28(2,3)24-18-37(14-15-38(24)25(39)16-19-10-12-36(13-11-19)27(34)40)26(20-4-7-22(30)8-5-20)21-6-9-23(35-17-21)29(31,32)33/h4-9,17,19,24,26H,10-16,18H2,1-3H3,(H2,34,40). The maximum atomic E-state index is 13.6. The second kappa shape index (κ2) is 11.9. The zero-order valence-electron chi connectivity index (χ0n) is 23.1. The Bertz CT molecular complexity index is 1180. The summed E-state index contributed by atoms with van der Waals surface area (Å²) in [6.45, 7) is 9.02. The van der Waals surface area contributed by atoms with E-state index in [4.69, 9.17) is 17.3 Å². The van der Waals surface area contributed by atoms with Crippen LogP contribution in [-0.2, 0) is 11.0 Å². The van der Waals surface area contributed by atoms with Crippen molar-refractivity contribution in [1.82, 2.24) is 19.7 Å². The second-order valence-corrected chi connectivity index (χ2v) is 12.3. The highest BCUT2D eigenvalue weighted by Gasteiger charge is 2.41. The number of nitrogens with two attached hydrogens (primary N) is 1. The highest BCUT2D eigenvalue weighted by Crippen LogP contribution is 2.37. The van der Waals surface area contributed by atoms with E-state index in [9.17, 15) is 22.8 Å². The molecule has 2 aliphatic heterocycles. The van der Waals surface area contributed by atoms with Crippen molar-refractivity contribution in [2.45, 2.75) is 58.3 Å². The van der Waals surface area contributed by atoms with Crippen LogP contribution in [0.5, 0.6) is 0 Å². The molecule has 4 rings (SSSR count). The van der Waals surface area contributed by atoms with Crippen LogP contribution in [0.2, 0.25) is 5.02 Å². The fourth-order valence-corrected chi connectivity index (χ4v) is 5.92. The van der Waals surface area contributed by atoms with Crippen LogP contribution < -0.4 is 5.73 Å². The fraction of sp³-hybridized carbons (Fsp3) is 0.552. The Labute approximate surface area is 238 Å². The molecule has 0 bridgehead atoms. The summed E-state index contributed by atoms with van der Waals surface area (Å²) in [6, 6.07) is 8.91. The van der Waals surface area contributed by atoms with Gasteiger partial charge in [-0.2, -0.15) is 13.2 Å². The van der Waals surface area contributed by atoms with Gasteiger partial charge in [0.1, 0.15) is 5.69 Å². The van der Waals surface area contributed by atoms with Crippen LogP contribution in [-0.4, -0.2) is 70.4 Å². The van der Waals surface area contributed by atoms with Gasteiger partial charge in [-0.15, -0.1) is 0 Å². The Balaban J connectivity index is 1.56. The van der Waals surface area contributed by atoms with Crippen molar-refractivity contribution < 1.29 is 22.8 Å². The Kier molecular flexibility index (Phi) is 8.99. The molecule has 0 aliphatic carbocycles. The molecular formula is C29H37ClF3N5O2. The number of likely N-dealkylation sites (tertiary alicyclic amines) is 1. The van der Waals surface area contributed by atoms with E-state index in [0.29, 0.717) is 49.7 Å². The van der Waals surface area contributed by atoms with Gasteiger partial charge in [-0.1, -0.05) is 50.6 Å². The van der Waals surface area contributed by atoms with Crippen molar-refractivity contribution in [2.75, 3.05) is 32.7 Å². The minimum absolute atomic E-state index is 0.0938. The van der Waals surface area contributed by atoms with Gasteiger partial charge in [-0.25, -0.2) is 4.79 Å². The molecule has 40 heavy (non-hydrogen) atoms. The van der Waals surface area contributed by atoms with E-state index in [2.05, 4.69) is 30.7 Å². The molecule has 2 saturated heterocycles. The Hall–Kier alpha value is -2.85. The van der Waals surface area contributed by atoms with Crippen molar-refractivity contribution in [3.05, 3.63) is 64.4 Å². The van der Waals surface area contributed by atoms with Gasteiger partial charge >= 0.3 is 12.2 Å². The SMILES string of the molecule is CC(C)(C)C1CN(C(c2ccc(Cl)cc2)c2ccc(C(F)(F)F)nc2)CCN1C(=O)CC1CCN(C(N)=O)CC1. The van der Waals surface area contributed by atoms with E-state index >= 15 is 0 Å². The maximum absolute atomic E-state index is 13.6. The summed E-state index contributed by atoms with van der Waals surface area (Å²) < 4.78 is 39.7. The summed E-state index contributed by atoms with van der Waals surface area (Å²) in [5.74, 6) is 0.290. The van der Waals surface area contributed by atoms with Crippen molar-refractivity contribution in [3.8, 4) is 0 Å². The van der Waals surface area contributed by atoms with Crippen molar-refractivity contribution in [1.29, 1.82) is 0 Å². The molecule has 0 saturated carbocycles. The number of pyridine rings is 1. The fourth-order valence-electron chi connectivity index (χ4n) is 5.79. The molecule has 218 valence electrons. The summed E-state index contributed by atoms with van der Waals surface area (Å²) in [7, 11) is 0. The molecule has 3 heterocycles. The molecular weight excluding hydrogens is 543 g/mol. The van der Waals surface area contributed by atoms with Crippen molar-refractivity contribution in [3.63, 3.8) is 0 Å². The van der Waals surface area contributed by atoms with E-state index < -0.39 is 17.9 Å². The van der Waals surface area contributed by atoms with Crippen LogP contribution in [0.3, 0.4) is 0 Å². The lowest BCUT2D eigenvalue weighted by molar-refractivity contribution is -0.141. The van der Waals surface area contributed by atoms with Gasteiger partial charge in [0, 0.05) is 56.4 Å². The quantitative estimate of drug-likeness (QED) is 0.501. The minimum atomic E-state index is -4.52. The van der Waals surface area contributed by atoms with Crippen LogP contribution in [0.15, 0.2) is 42.6 Å². The third-order valence-corrected chi connectivity index (χ3v) is 8.32. The topological polar surface area (TPSA) is 82.8 Å². The van der Waals surface area contributed by atoms with E-state index in [-0.39, 0.29) is 29.3 Å². The first-order valence-corrected chi connectivity index (χ1v) is 14.0. The number of hydrogen-bond donors (Lipinski definition) is 1. The van der Waals surface area contributed by atoms with E-state index in [1.165, 1.54) is 12.3 Å². The van der Waals surface area contributed by atoms with Gasteiger partial charge in [-0.05, 0) is 53.5 Å². The summed E-state index contributed by atoms with van der Waals surface area (Å²) in [6.07, 6.45) is -1.32. The first-order valence-electron chi connectivity index (χ1n) is 13.6. The minimum Gasteiger partial charge on any atom is -0.351 e. The highest BCUT2D eigenvalue weighted by molar-refractivity contribution is 6.30. The number of rotatable bonds is 5. The molecule has 2 fully saturated rings. The summed E-state index contributed by atoms with van der Waals surface area (Å²) in [4.78, 5) is 34.6. The third kappa shape index (κ3) is 7.07. The number of alkyl halides is 3. The largest absolute Gasteiger partial charge is 0.433 e. The zero-order chi connectivity index (χ0) is 29.2. The molecule has 3 amide bonds. The number of aromatic nitrogens is 1. The maximum Gasteiger partial charge on any atom is 0.433 e. The number of hydrogen-bond acceptors (Lipinski definition) is 4. The molecule has 2 aromatic rings. The average Bonchev–Trinajstić information content (AvgIpc) is 2.89. The van der Waals surface area contributed by atoms with Crippen LogP contribution in [0.1, 0.15) is 62.9 Å². The third-order valence-electron chi connectivity index (χ3n) is 8.06. The molecule has 2 unspecified atom stereocenters. The van der Waals surface area contributed by atoms with Crippen molar-refractivity contribution >= 4 is 23.5 Å². The van der Waals surface area contributed by atoms with Crippen LogP contribution >= 0.6 is 11.6 Å². The number of amides is 3. The smallest absolute Gasteiger partial charge is 0.351 e. The molecule has 11 heteroatoms. The monoisotopic (exact) mass is 579 g/mol. The normalized spacial score (nSPS) is 20.4. The number of piperazine rings is 1. The lowest BCUT2D eigenvalue weighted by Crippen LogP contribution is -2.60. The summed E-state index contributed by atoms with van der Waals surface area (Å²) in [5.41, 5.74) is 5.75. The van der Waals surface area contributed by atoms with Gasteiger partial charge in [0.25, 0.3) is 0 Å². The molecule has 2 aliphatic rings. The highest BCUT2D eigenvalue weighted by atomic mass is 35.5. The van der Waals surface area contributed by atoms with Crippen LogP contribution in [0.25, 0.3) is 0 Å². The predicted octanol–water partition coefficient (Wildman–Crippen LogP) is 5.58. The van der Waals surface area contributed by atoms with Gasteiger partial charge in [-0.3, -0.25) is 14.7 Å².